The van der Waals surface area contributed by atoms with Gasteiger partial charge in [0.1, 0.15) is 0 Å². The fourth-order valence-electron chi connectivity index (χ4n) is 1.81. The molecular formula is C14H25IN4. The second-order valence-electron chi connectivity index (χ2n) is 4.44. The Morgan fingerprint density at radius 3 is 2.84 bits per heavy atom. The van der Waals surface area contributed by atoms with Crippen LogP contribution in [0.3, 0.4) is 0 Å². The van der Waals surface area contributed by atoms with E-state index in [2.05, 4.69) is 41.1 Å². The molecule has 1 heterocycles. The maximum Gasteiger partial charge on any atom is 0.193 e. The number of rotatable bonds is 6. The maximum absolute atomic E-state index is 4.29. The van der Waals surface area contributed by atoms with Gasteiger partial charge in [-0.05, 0) is 24.5 Å². The molecule has 0 spiro atoms. The highest BCUT2D eigenvalue weighted by Crippen LogP contribution is 2.00. The topological polar surface area (TPSA) is 32.6 Å². The van der Waals surface area contributed by atoms with E-state index in [0.29, 0.717) is 0 Å². The monoisotopic (exact) mass is 376 g/mol. The van der Waals surface area contributed by atoms with Gasteiger partial charge in [-0.25, -0.2) is 0 Å². The summed E-state index contributed by atoms with van der Waals surface area (Å²) in [5.74, 6) is 0.933. The molecule has 1 aromatic heterocycles. The SMILES string of the molecule is C=CCCCN(C)C(=NC)NCc1ccn(C)c1.I. The minimum atomic E-state index is 0. The first-order valence-corrected chi connectivity index (χ1v) is 6.31. The van der Waals surface area contributed by atoms with Crippen LogP contribution in [0.15, 0.2) is 36.1 Å². The molecule has 1 rings (SSSR count). The molecule has 5 heteroatoms. The summed E-state index contributed by atoms with van der Waals surface area (Å²) < 4.78 is 2.05. The smallest absolute Gasteiger partial charge is 0.193 e. The van der Waals surface area contributed by atoms with Crippen molar-refractivity contribution >= 4 is 29.9 Å². The van der Waals surface area contributed by atoms with Crippen LogP contribution in [0.1, 0.15) is 18.4 Å². The van der Waals surface area contributed by atoms with Crippen molar-refractivity contribution in [2.45, 2.75) is 19.4 Å². The number of aromatic nitrogens is 1. The molecule has 0 fully saturated rings. The Labute approximate surface area is 133 Å². The average Bonchev–Trinajstić information content (AvgIpc) is 2.76. The van der Waals surface area contributed by atoms with Gasteiger partial charge >= 0.3 is 0 Å². The highest BCUT2D eigenvalue weighted by atomic mass is 127. The van der Waals surface area contributed by atoms with Gasteiger partial charge in [-0.3, -0.25) is 4.99 Å². The van der Waals surface area contributed by atoms with Gasteiger partial charge in [0, 0.05) is 46.6 Å². The van der Waals surface area contributed by atoms with E-state index in [-0.39, 0.29) is 24.0 Å². The lowest BCUT2D eigenvalue weighted by molar-refractivity contribution is 0.470. The highest BCUT2D eigenvalue weighted by Gasteiger charge is 2.04. The van der Waals surface area contributed by atoms with E-state index in [1.165, 1.54) is 5.56 Å². The third-order valence-corrected chi connectivity index (χ3v) is 2.82. The molecule has 4 nitrogen and oxygen atoms in total. The van der Waals surface area contributed by atoms with Crippen molar-refractivity contribution in [2.75, 3.05) is 20.6 Å². The van der Waals surface area contributed by atoms with Crippen LogP contribution in [0.5, 0.6) is 0 Å². The fourth-order valence-corrected chi connectivity index (χ4v) is 1.81. The zero-order chi connectivity index (χ0) is 13.4. The first-order valence-electron chi connectivity index (χ1n) is 6.31. The highest BCUT2D eigenvalue weighted by molar-refractivity contribution is 14.0. The van der Waals surface area contributed by atoms with Crippen LogP contribution in [0.25, 0.3) is 0 Å². The number of aryl methyl sites for hydroxylation is 1. The molecule has 0 saturated heterocycles. The van der Waals surface area contributed by atoms with Crippen molar-refractivity contribution in [3.8, 4) is 0 Å². The molecule has 108 valence electrons. The van der Waals surface area contributed by atoms with Crippen molar-refractivity contribution in [1.29, 1.82) is 0 Å². The Morgan fingerprint density at radius 1 is 1.58 bits per heavy atom. The molecule has 19 heavy (non-hydrogen) atoms. The standard InChI is InChI=1S/C14H24N4.HI/c1-5-6-7-9-18(4)14(15-2)16-11-13-8-10-17(3)12-13;/h5,8,10,12H,1,6-7,9,11H2,2-4H3,(H,15,16);1H. The van der Waals surface area contributed by atoms with E-state index < -0.39 is 0 Å². The minimum absolute atomic E-state index is 0. The molecule has 0 bridgehead atoms. The first-order chi connectivity index (χ1) is 8.67. The molecule has 0 radical (unpaired) electrons. The molecule has 1 aromatic rings. The number of allylic oxidation sites excluding steroid dienone is 1. The van der Waals surface area contributed by atoms with E-state index in [1.807, 2.05) is 30.9 Å². The lowest BCUT2D eigenvalue weighted by Crippen LogP contribution is -2.38. The van der Waals surface area contributed by atoms with E-state index in [9.17, 15) is 0 Å². The lowest BCUT2D eigenvalue weighted by Gasteiger charge is -2.21. The lowest BCUT2D eigenvalue weighted by atomic mass is 10.3. The van der Waals surface area contributed by atoms with Crippen LogP contribution < -0.4 is 5.32 Å². The Hall–Kier alpha value is -0.980. The van der Waals surface area contributed by atoms with E-state index in [4.69, 9.17) is 0 Å². The van der Waals surface area contributed by atoms with Crippen LogP contribution in [-0.2, 0) is 13.6 Å². The number of halogens is 1. The van der Waals surface area contributed by atoms with E-state index >= 15 is 0 Å². The Bertz CT molecular complexity index is 398. The molecule has 0 aliphatic rings. The Balaban J connectivity index is 0.00000324. The first kappa shape index (κ1) is 18.0. The van der Waals surface area contributed by atoms with Crippen LogP contribution in [-0.4, -0.2) is 36.1 Å². The van der Waals surface area contributed by atoms with Crippen LogP contribution in [0.2, 0.25) is 0 Å². The third-order valence-electron chi connectivity index (χ3n) is 2.82. The van der Waals surface area contributed by atoms with Gasteiger partial charge in [0.25, 0.3) is 0 Å². The summed E-state index contributed by atoms with van der Waals surface area (Å²) in [5, 5.41) is 3.36. The van der Waals surface area contributed by atoms with Gasteiger partial charge in [0.15, 0.2) is 5.96 Å². The predicted molar refractivity (Wildman–Crippen MR) is 93.1 cm³/mol. The second kappa shape index (κ2) is 9.89. The van der Waals surface area contributed by atoms with Gasteiger partial charge in [-0.2, -0.15) is 0 Å². The average molecular weight is 376 g/mol. The van der Waals surface area contributed by atoms with Gasteiger partial charge in [0.05, 0.1) is 0 Å². The summed E-state index contributed by atoms with van der Waals surface area (Å²) in [7, 11) is 5.90. The maximum atomic E-state index is 4.29. The Morgan fingerprint density at radius 2 is 2.32 bits per heavy atom. The molecule has 0 atom stereocenters. The molecule has 0 aliphatic carbocycles. The molecule has 0 saturated carbocycles. The minimum Gasteiger partial charge on any atom is -0.357 e. The van der Waals surface area contributed by atoms with Gasteiger partial charge < -0.3 is 14.8 Å². The summed E-state index contributed by atoms with van der Waals surface area (Å²) in [6.45, 7) is 5.53. The van der Waals surface area contributed by atoms with Crippen molar-refractivity contribution in [3.63, 3.8) is 0 Å². The van der Waals surface area contributed by atoms with E-state index in [0.717, 1.165) is 31.9 Å². The number of nitrogens with one attached hydrogen (secondary N) is 1. The van der Waals surface area contributed by atoms with Gasteiger partial charge in [-0.15, -0.1) is 30.6 Å². The number of unbranched alkanes of at least 4 members (excludes halogenated alkanes) is 1. The number of hydrogen-bond donors (Lipinski definition) is 1. The number of nitrogens with zero attached hydrogens (tertiary/aromatic N) is 3. The van der Waals surface area contributed by atoms with Crippen molar-refractivity contribution < 1.29 is 0 Å². The zero-order valence-electron chi connectivity index (χ0n) is 12.1. The quantitative estimate of drug-likeness (QED) is 0.272. The summed E-state index contributed by atoms with van der Waals surface area (Å²) >= 11 is 0. The van der Waals surface area contributed by atoms with Crippen molar-refractivity contribution in [3.05, 3.63) is 36.7 Å². The molecule has 0 amide bonds. The third kappa shape index (κ3) is 6.66. The molecule has 0 aromatic carbocycles. The zero-order valence-corrected chi connectivity index (χ0v) is 14.4. The van der Waals surface area contributed by atoms with Crippen molar-refractivity contribution in [1.82, 2.24) is 14.8 Å². The second-order valence-corrected chi connectivity index (χ2v) is 4.44. The summed E-state index contributed by atoms with van der Waals surface area (Å²) in [6, 6.07) is 2.11. The van der Waals surface area contributed by atoms with E-state index in [1.54, 1.807) is 0 Å². The summed E-state index contributed by atoms with van der Waals surface area (Å²) in [5.41, 5.74) is 1.26. The normalized spacial score (nSPS) is 10.8. The molecular weight excluding hydrogens is 351 g/mol. The summed E-state index contributed by atoms with van der Waals surface area (Å²) in [4.78, 5) is 6.43. The van der Waals surface area contributed by atoms with Crippen LogP contribution >= 0.6 is 24.0 Å². The fraction of sp³-hybridized carbons (Fsp3) is 0.500. The van der Waals surface area contributed by atoms with Crippen LogP contribution in [0.4, 0.5) is 0 Å². The molecule has 1 N–H and O–H groups in total. The number of aliphatic imine (C=N–C) groups is 1. The summed E-state index contributed by atoms with van der Waals surface area (Å²) in [6.07, 6.45) is 8.26. The number of guanidine groups is 1. The largest absolute Gasteiger partial charge is 0.357 e. The van der Waals surface area contributed by atoms with Crippen LogP contribution in [0, 0.1) is 0 Å². The molecule has 0 unspecified atom stereocenters. The Kier molecular flexibility index (Phi) is 9.38. The van der Waals surface area contributed by atoms with Gasteiger partial charge in [0.2, 0.25) is 0 Å². The molecule has 0 aliphatic heterocycles. The van der Waals surface area contributed by atoms with Gasteiger partial charge in [-0.1, -0.05) is 6.08 Å². The predicted octanol–water partition coefficient (Wildman–Crippen LogP) is 2.62. The van der Waals surface area contributed by atoms with Crippen molar-refractivity contribution in [2.24, 2.45) is 12.0 Å². The number of hydrogen-bond acceptors (Lipinski definition) is 1.